The lowest BCUT2D eigenvalue weighted by molar-refractivity contribution is 1.07. The quantitative estimate of drug-likeness (QED) is 0.541. The van der Waals surface area contributed by atoms with Crippen LogP contribution in [0.15, 0.2) is 12.1 Å². The van der Waals surface area contributed by atoms with Crippen molar-refractivity contribution in [3.63, 3.8) is 0 Å². The standard InChI is InChI=1S/C11H9IS2/c1-6-2-7-3-8-4-11(12)14-10(8)5-9(7)13-6/h2,4H,3,5H2,1H3. The monoisotopic (exact) mass is 332 g/mol. The Morgan fingerprint density at radius 2 is 1.79 bits per heavy atom. The summed E-state index contributed by atoms with van der Waals surface area (Å²) in [5.74, 6) is 0. The Balaban J connectivity index is 2.10. The minimum atomic E-state index is 1.16. The van der Waals surface area contributed by atoms with Crippen molar-refractivity contribution in [2.24, 2.45) is 0 Å². The summed E-state index contributed by atoms with van der Waals surface area (Å²) in [5, 5.41) is 0. The van der Waals surface area contributed by atoms with E-state index in [0.717, 1.165) is 6.42 Å². The lowest BCUT2D eigenvalue weighted by atomic mass is 9.98. The van der Waals surface area contributed by atoms with Crippen LogP contribution in [0.1, 0.15) is 25.8 Å². The summed E-state index contributed by atoms with van der Waals surface area (Å²) in [7, 11) is 0. The second kappa shape index (κ2) is 3.32. The lowest BCUT2D eigenvalue weighted by Gasteiger charge is -2.10. The molecule has 1 aliphatic carbocycles. The van der Waals surface area contributed by atoms with E-state index in [1.807, 2.05) is 22.7 Å². The number of hydrogen-bond donors (Lipinski definition) is 0. The number of aryl methyl sites for hydroxylation is 1. The first-order chi connectivity index (χ1) is 6.72. The van der Waals surface area contributed by atoms with Crippen LogP contribution in [0.3, 0.4) is 0 Å². The van der Waals surface area contributed by atoms with Crippen molar-refractivity contribution < 1.29 is 0 Å². The van der Waals surface area contributed by atoms with Crippen molar-refractivity contribution in [2.45, 2.75) is 19.8 Å². The summed E-state index contributed by atoms with van der Waals surface area (Å²) < 4.78 is 1.43. The highest BCUT2D eigenvalue weighted by Crippen LogP contribution is 2.37. The Morgan fingerprint density at radius 3 is 2.64 bits per heavy atom. The van der Waals surface area contributed by atoms with E-state index in [1.54, 1.807) is 20.9 Å². The van der Waals surface area contributed by atoms with Gasteiger partial charge >= 0.3 is 0 Å². The van der Waals surface area contributed by atoms with Crippen molar-refractivity contribution in [3.8, 4) is 0 Å². The predicted octanol–water partition coefficient (Wildman–Crippen LogP) is 4.22. The molecule has 3 heteroatoms. The van der Waals surface area contributed by atoms with Crippen LogP contribution in [0.2, 0.25) is 0 Å². The van der Waals surface area contributed by atoms with Gasteiger partial charge in [0, 0.05) is 21.1 Å². The Hall–Kier alpha value is 0.130. The van der Waals surface area contributed by atoms with Crippen LogP contribution in [-0.4, -0.2) is 0 Å². The average Bonchev–Trinajstić information content (AvgIpc) is 2.59. The molecule has 0 aromatic carbocycles. The fourth-order valence-corrected chi connectivity index (χ4v) is 5.24. The van der Waals surface area contributed by atoms with Gasteiger partial charge in [0.05, 0.1) is 2.88 Å². The summed E-state index contributed by atoms with van der Waals surface area (Å²) in [6, 6.07) is 4.70. The fraction of sp³-hybridized carbons (Fsp3) is 0.273. The zero-order valence-corrected chi connectivity index (χ0v) is 11.6. The van der Waals surface area contributed by atoms with Crippen LogP contribution < -0.4 is 0 Å². The SMILES string of the molecule is Cc1cc2c(s1)Cc1sc(I)cc1C2. The molecule has 0 N–H and O–H groups in total. The minimum Gasteiger partial charge on any atom is -0.145 e. The van der Waals surface area contributed by atoms with Crippen LogP contribution in [-0.2, 0) is 12.8 Å². The van der Waals surface area contributed by atoms with E-state index in [9.17, 15) is 0 Å². The Labute approximate surface area is 105 Å². The predicted molar refractivity (Wildman–Crippen MR) is 71.7 cm³/mol. The summed E-state index contributed by atoms with van der Waals surface area (Å²) in [4.78, 5) is 4.64. The molecule has 14 heavy (non-hydrogen) atoms. The van der Waals surface area contributed by atoms with Crippen molar-refractivity contribution >= 4 is 45.3 Å². The molecule has 2 aromatic heterocycles. The zero-order chi connectivity index (χ0) is 9.71. The van der Waals surface area contributed by atoms with Gasteiger partial charge < -0.3 is 0 Å². The number of rotatable bonds is 0. The van der Waals surface area contributed by atoms with Crippen molar-refractivity contribution in [1.82, 2.24) is 0 Å². The molecule has 0 saturated heterocycles. The van der Waals surface area contributed by atoms with Gasteiger partial charge in [-0.3, -0.25) is 0 Å². The summed E-state index contributed by atoms with van der Waals surface area (Å²) in [6.45, 7) is 2.21. The van der Waals surface area contributed by atoms with E-state index in [1.165, 1.54) is 14.2 Å². The van der Waals surface area contributed by atoms with Crippen LogP contribution in [0, 0.1) is 9.81 Å². The minimum absolute atomic E-state index is 1.16. The van der Waals surface area contributed by atoms with Crippen molar-refractivity contribution in [1.29, 1.82) is 0 Å². The molecule has 0 amide bonds. The molecule has 0 saturated carbocycles. The van der Waals surface area contributed by atoms with Crippen molar-refractivity contribution in [2.75, 3.05) is 0 Å². The van der Waals surface area contributed by atoms with Gasteiger partial charge in [-0.25, -0.2) is 0 Å². The second-order valence-electron chi connectivity index (χ2n) is 3.66. The number of thiophene rings is 2. The molecule has 2 aromatic rings. The van der Waals surface area contributed by atoms with Crippen molar-refractivity contribution in [3.05, 3.63) is 40.8 Å². The fourth-order valence-electron chi connectivity index (χ4n) is 1.99. The van der Waals surface area contributed by atoms with E-state index < -0.39 is 0 Å². The highest BCUT2D eigenvalue weighted by molar-refractivity contribution is 14.1. The van der Waals surface area contributed by atoms with Gasteiger partial charge in [-0.15, -0.1) is 22.7 Å². The number of halogens is 1. The maximum absolute atomic E-state index is 2.43. The maximum atomic E-state index is 2.43. The van der Waals surface area contributed by atoms with Crippen LogP contribution >= 0.6 is 45.3 Å². The third-order valence-electron chi connectivity index (χ3n) is 2.59. The van der Waals surface area contributed by atoms with Gasteiger partial charge in [0.1, 0.15) is 0 Å². The molecule has 0 nitrogen and oxygen atoms in total. The smallest absolute Gasteiger partial charge is 0.0659 e. The second-order valence-corrected chi connectivity index (χ2v) is 8.03. The molecule has 0 fully saturated rings. The van der Waals surface area contributed by atoms with Crippen LogP contribution in [0.4, 0.5) is 0 Å². The first-order valence-corrected chi connectivity index (χ1v) is 7.29. The van der Waals surface area contributed by atoms with Gasteiger partial charge in [-0.1, -0.05) is 0 Å². The van der Waals surface area contributed by atoms with E-state index >= 15 is 0 Å². The van der Waals surface area contributed by atoms with E-state index in [2.05, 4.69) is 41.6 Å². The average molecular weight is 332 g/mol. The maximum Gasteiger partial charge on any atom is 0.0659 e. The number of fused-ring (bicyclic) bond motifs is 2. The zero-order valence-electron chi connectivity index (χ0n) is 7.76. The molecule has 1 aliphatic rings. The molecule has 0 unspecified atom stereocenters. The Kier molecular flexibility index (Phi) is 2.22. The molecular formula is C11H9IS2. The Morgan fingerprint density at radius 1 is 1.07 bits per heavy atom. The summed E-state index contributed by atoms with van der Waals surface area (Å²) in [6.07, 6.45) is 2.34. The van der Waals surface area contributed by atoms with Gasteiger partial charge in [0.25, 0.3) is 0 Å². The van der Waals surface area contributed by atoms with Gasteiger partial charge in [0.2, 0.25) is 0 Å². The molecule has 0 aliphatic heterocycles. The first kappa shape index (κ1) is 9.36. The highest BCUT2D eigenvalue weighted by Gasteiger charge is 2.19. The summed E-state index contributed by atoms with van der Waals surface area (Å²) >= 11 is 6.35. The lowest BCUT2D eigenvalue weighted by Crippen LogP contribution is -1.99. The molecule has 0 atom stereocenters. The van der Waals surface area contributed by atoms with Crippen LogP contribution in [0.5, 0.6) is 0 Å². The summed E-state index contributed by atoms with van der Waals surface area (Å²) in [5.41, 5.74) is 3.12. The number of hydrogen-bond acceptors (Lipinski definition) is 2. The van der Waals surface area contributed by atoms with Gasteiger partial charge in [-0.2, -0.15) is 0 Å². The topological polar surface area (TPSA) is 0 Å². The van der Waals surface area contributed by atoms with E-state index in [0.29, 0.717) is 0 Å². The molecule has 0 radical (unpaired) electrons. The third-order valence-corrected chi connectivity index (χ3v) is 5.62. The van der Waals surface area contributed by atoms with E-state index in [-0.39, 0.29) is 0 Å². The third kappa shape index (κ3) is 1.46. The molecule has 0 bridgehead atoms. The van der Waals surface area contributed by atoms with Gasteiger partial charge in [0.15, 0.2) is 0 Å². The first-order valence-electron chi connectivity index (χ1n) is 4.57. The largest absolute Gasteiger partial charge is 0.145 e. The van der Waals surface area contributed by atoms with Gasteiger partial charge in [-0.05, 0) is 59.2 Å². The normalized spacial score (nSPS) is 13.9. The highest BCUT2D eigenvalue weighted by atomic mass is 127. The Bertz CT molecular complexity index is 408. The van der Waals surface area contributed by atoms with E-state index in [4.69, 9.17) is 0 Å². The molecule has 72 valence electrons. The molecular weight excluding hydrogens is 323 g/mol. The molecule has 0 spiro atoms. The van der Waals surface area contributed by atoms with Crippen LogP contribution in [0.25, 0.3) is 0 Å². The molecule has 3 rings (SSSR count). The molecule has 2 heterocycles.